The number of carbonyl (C=O) groups excluding carboxylic acids is 1. The number of halogens is 3. The maximum Gasteiger partial charge on any atom is 0.405 e. The van der Waals surface area contributed by atoms with E-state index in [2.05, 4.69) is 0 Å². The van der Waals surface area contributed by atoms with E-state index in [1.165, 1.54) is 0 Å². The smallest absolute Gasteiger partial charge is 0.346 e. The predicted molar refractivity (Wildman–Crippen MR) is 63.2 cm³/mol. The van der Waals surface area contributed by atoms with Gasteiger partial charge in [0.2, 0.25) is 5.91 Å². The van der Waals surface area contributed by atoms with Crippen molar-refractivity contribution in [3.63, 3.8) is 0 Å². The van der Waals surface area contributed by atoms with Gasteiger partial charge in [0, 0.05) is 0 Å². The minimum absolute atomic E-state index is 0.515. The summed E-state index contributed by atoms with van der Waals surface area (Å²) in [5.74, 6) is -1.08. The van der Waals surface area contributed by atoms with Crippen molar-refractivity contribution < 1.29 is 18.0 Å². The third-order valence-electron chi connectivity index (χ3n) is 2.56. The number of hydrogen-bond acceptors (Lipinski definition) is 1. The van der Waals surface area contributed by atoms with Gasteiger partial charge in [-0.05, 0) is 12.0 Å². The third-order valence-corrected chi connectivity index (χ3v) is 2.56. The van der Waals surface area contributed by atoms with Crippen LogP contribution in [-0.4, -0.2) is 18.6 Å². The zero-order chi connectivity index (χ0) is 13.6. The molecule has 1 N–H and O–H groups in total. The molecule has 1 amide bonds. The lowest BCUT2D eigenvalue weighted by atomic mass is 9.94. The molecule has 1 aromatic rings. The molecule has 0 bridgehead atoms. The fraction of sp³-hybridized carbons (Fsp3) is 0.462. The van der Waals surface area contributed by atoms with Crippen molar-refractivity contribution in [1.29, 1.82) is 0 Å². The molecule has 0 saturated heterocycles. The molecule has 5 heteroatoms. The van der Waals surface area contributed by atoms with Gasteiger partial charge in [0.1, 0.15) is 6.54 Å². The highest BCUT2D eigenvalue weighted by atomic mass is 19.4. The fourth-order valence-corrected chi connectivity index (χ4v) is 1.73. The van der Waals surface area contributed by atoms with E-state index in [9.17, 15) is 18.0 Å². The van der Waals surface area contributed by atoms with Gasteiger partial charge in [-0.3, -0.25) is 4.79 Å². The maximum absolute atomic E-state index is 12.1. The molecule has 0 fully saturated rings. The van der Waals surface area contributed by atoms with Gasteiger partial charge in [-0.15, -0.1) is 0 Å². The Morgan fingerprint density at radius 3 is 2.39 bits per heavy atom. The van der Waals surface area contributed by atoms with E-state index in [-0.39, 0.29) is 0 Å². The number of rotatable bonds is 5. The van der Waals surface area contributed by atoms with Crippen LogP contribution in [-0.2, 0) is 4.79 Å². The Morgan fingerprint density at radius 2 is 1.89 bits per heavy atom. The second-order valence-corrected chi connectivity index (χ2v) is 4.08. The first-order valence-electron chi connectivity index (χ1n) is 5.83. The highest BCUT2D eigenvalue weighted by molar-refractivity contribution is 5.83. The molecule has 100 valence electrons. The topological polar surface area (TPSA) is 29.1 Å². The summed E-state index contributed by atoms with van der Waals surface area (Å²) in [6.45, 7) is 0.617. The highest BCUT2D eigenvalue weighted by Crippen LogP contribution is 2.22. The van der Waals surface area contributed by atoms with E-state index in [1.807, 2.05) is 12.2 Å². The maximum atomic E-state index is 12.1. The molecule has 0 aliphatic rings. The summed E-state index contributed by atoms with van der Waals surface area (Å²) in [5, 5.41) is 1.94. The van der Waals surface area contributed by atoms with E-state index in [0.29, 0.717) is 6.42 Å². The number of alkyl halides is 3. The van der Waals surface area contributed by atoms with Crippen LogP contribution >= 0.6 is 0 Å². The van der Waals surface area contributed by atoms with Crippen molar-refractivity contribution in [2.75, 3.05) is 6.54 Å². The van der Waals surface area contributed by atoms with E-state index in [0.717, 1.165) is 12.0 Å². The molecule has 0 heterocycles. The summed E-state index contributed by atoms with van der Waals surface area (Å²) in [7, 11) is 0. The second kappa shape index (κ2) is 6.42. The lowest BCUT2D eigenvalue weighted by molar-refractivity contribution is -0.139. The molecule has 18 heavy (non-hydrogen) atoms. The minimum atomic E-state index is -4.37. The number of nitrogens with one attached hydrogen (secondary N) is 1. The van der Waals surface area contributed by atoms with Crippen molar-refractivity contribution in [3.05, 3.63) is 35.9 Å². The van der Waals surface area contributed by atoms with Gasteiger partial charge in [0.15, 0.2) is 0 Å². The summed E-state index contributed by atoms with van der Waals surface area (Å²) in [4.78, 5) is 11.8. The number of benzene rings is 1. The monoisotopic (exact) mass is 259 g/mol. The Morgan fingerprint density at radius 1 is 1.28 bits per heavy atom. The number of carbonyl (C=O) groups is 1. The molecular weight excluding hydrogens is 243 g/mol. The Balaban J connectivity index is 2.70. The van der Waals surface area contributed by atoms with Gasteiger partial charge in [0.25, 0.3) is 0 Å². The molecule has 0 aliphatic carbocycles. The quantitative estimate of drug-likeness (QED) is 0.864. The van der Waals surface area contributed by atoms with Crippen LogP contribution in [0.5, 0.6) is 0 Å². The summed E-state index contributed by atoms with van der Waals surface area (Å²) >= 11 is 0. The zero-order valence-electron chi connectivity index (χ0n) is 10.1. The molecule has 0 radical (unpaired) electrons. The number of hydrogen-bond donors (Lipinski definition) is 1. The zero-order valence-corrected chi connectivity index (χ0v) is 10.1. The summed E-state index contributed by atoms with van der Waals surface area (Å²) in [5.41, 5.74) is 0.749. The summed E-state index contributed by atoms with van der Waals surface area (Å²) < 4.78 is 36.2. The Hall–Kier alpha value is -1.52. The van der Waals surface area contributed by atoms with Gasteiger partial charge >= 0.3 is 6.18 Å². The Bertz CT molecular complexity index is 376. The van der Waals surface area contributed by atoms with Crippen LogP contribution in [0.25, 0.3) is 0 Å². The van der Waals surface area contributed by atoms with E-state index in [1.54, 1.807) is 30.3 Å². The molecule has 1 aromatic carbocycles. The molecular formula is C13H16F3NO. The molecule has 0 unspecified atom stereocenters. The minimum Gasteiger partial charge on any atom is -0.346 e. The standard InChI is InChI=1S/C13H16F3NO/c1-2-6-11(10-7-4-3-5-8-10)12(18)17-9-13(14,15)16/h3-5,7-8,11H,2,6,9H2,1H3,(H,17,18)/t11-/m0/s1. The van der Waals surface area contributed by atoms with Gasteiger partial charge in [-0.1, -0.05) is 43.7 Å². The van der Waals surface area contributed by atoms with E-state index >= 15 is 0 Å². The van der Waals surface area contributed by atoms with Crippen molar-refractivity contribution in [2.24, 2.45) is 0 Å². The fourth-order valence-electron chi connectivity index (χ4n) is 1.73. The van der Waals surface area contributed by atoms with Crippen LogP contribution in [0.15, 0.2) is 30.3 Å². The predicted octanol–water partition coefficient (Wildman–Crippen LogP) is 3.25. The highest BCUT2D eigenvalue weighted by Gasteiger charge is 2.29. The Labute approximate surface area is 104 Å². The first-order chi connectivity index (χ1) is 8.44. The van der Waals surface area contributed by atoms with Gasteiger partial charge < -0.3 is 5.32 Å². The van der Waals surface area contributed by atoms with E-state index < -0.39 is 24.5 Å². The second-order valence-electron chi connectivity index (χ2n) is 4.08. The van der Waals surface area contributed by atoms with Gasteiger partial charge in [-0.2, -0.15) is 13.2 Å². The molecule has 0 saturated carbocycles. The van der Waals surface area contributed by atoms with Crippen LogP contribution in [0.1, 0.15) is 31.2 Å². The van der Waals surface area contributed by atoms with Crippen molar-refractivity contribution in [3.8, 4) is 0 Å². The van der Waals surface area contributed by atoms with Crippen molar-refractivity contribution in [2.45, 2.75) is 31.9 Å². The largest absolute Gasteiger partial charge is 0.405 e. The molecule has 2 nitrogen and oxygen atoms in total. The molecule has 0 aromatic heterocycles. The molecule has 0 spiro atoms. The molecule has 1 rings (SSSR count). The van der Waals surface area contributed by atoms with Crippen LogP contribution in [0.2, 0.25) is 0 Å². The third kappa shape index (κ3) is 4.77. The normalized spacial score (nSPS) is 13.1. The van der Waals surface area contributed by atoms with E-state index in [4.69, 9.17) is 0 Å². The molecule has 1 atom stereocenters. The summed E-state index contributed by atoms with van der Waals surface area (Å²) in [6, 6.07) is 8.87. The average Bonchev–Trinajstić information content (AvgIpc) is 2.33. The lowest BCUT2D eigenvalue weighted by Crippen LogP contribution is -2.36. The van der Waals surface area contributed by atoms with Crippen molar-refractivity contribution in [1.82, 2.24) is 5.32 Å². The van der Waals surface area contributed by atoms with Crippen LogP contribution in [0.4, 0.5) is 13.2 Å². The Kier molecular flexibility index (Phi) is 5.19. The van der Waals surface area contributed by atoms with Crippen molar-refractivity contribution >= 4 is 5.91 Å². The lowest BCUT2D eigenvalue weighted by Gasteiger charge is -2.17. The first-order valence-corrected chi connectivity index (χ1v) is 5.83. The first kappa shape index (κ1) is 14.5. The van der Waals surface area contributed by atoms with Crippen LogP contribution in [0, 0.1) is 0 Å². The average molecular weight is 259 g/mol. The van der Waals surface area contributed by atoms with Gasteiger partial charge in [0.05, 0.1) is 5.92 Å². The summed E-state index contributed by atoms with van der Waals surface area (Å²) in [6.07, 6.45) is -3.10. The molecule has 0 aliphatic heterocycles. The van der Waals surface area contributed by atoms with Gasteiger partial charge in [-0.25, -0.2) is 0 Å². The van der Waals surface area contributed by atoms with Crippen LogP contribution in [0.3, 0.4) is 0 Å². The number of amides is 1. The van der Waals surface area contributed by atoms with Crippen LogP contribution < -0.4 is 5.32 Å². The SMILES string of the molecule is CCC[C@H](C(=O)NCC(F)(F)F)c1ccccc1.